The van der Waals surface area contributed by atoms with E-state index in [1.54, 1.807) is 0 Å². The monoisotopic (exact) mass is 364 g/mol. The first-order valence-electron chi connectivity index (χ1n) is 9.58. The van der Waals surface area contributed by atoms with Crippen LogP contribution in [-0.4, -0.2) is 35.8 Å². The number of carbonyl (C=O) groups excluding carboxylic acids is 2. The number of benzene rings is 2. The van der Waals surface area contributed by atoms with Crippen LogP contribution in [0.4, 0.5) is 0 Å². The number of amides is 2. The maximum Gasteiger partial charge on any atom is 0.225 e. The molecule has 1 aliphatic heterocycles. The molecule has 0 radical (unpaired) electrons. The smallest absolute Gasteiger partial charge is 0.225 e. The highest BCUT2D eigenvalue weighted by Gasteiger charge is 2.41. The topological polar surface area (TPSA) is 58.6 Å². The molecule has 1 N–H and O–H groups in total. The molecule has 1 atom stereocenters. The van der Waals surface area contributed by atoms with Crippen LogP contribution in [0.3, 0.4) is 0 Å². The van der Waals surface area contributed by atoms with Gasteiger partial charge in [0.2, 0.25) is 11.8 Å². The normalized spacial score (nSPS) is 19.2. The first kappa shape index (κ1) is 17.6. The van der Waals surface area contributed by atoms with Crippen molar-refractivity contribution in [3.8, 4) is 11.5 Å². The lowest BCUT2D eigenvalue weighted by Crippen LogP contribution is -2.34. The average molecular weight is 364 g/mol. The highest BCUT2D eigenvalue weighted by atomic mass is 16.5. The van der Waals surface area contributed by atoms with Crippen LogP contribution in [0.5, 0.6) is 11.5 Å². The molecular formula is C22H24N2O3. The quantitative estimate of drug-likeness (QED) is 0.821. The summed E-state index contributed by atoms with van der Waals surface area (Å²) in [5, 5.41) is 2.99. The van der Waals surface area contributed by atoms with Crippen molar-refractivity contribution in [3.63, 3.8) is 0 Å². The first-order valence-corrected chi connectivity index (χ1v) is 9.58. The molecular weight excluding hydrogens is 340 g/mol. The Morgan fingerprint density at radius 2 is 1.81 bits per heavy atom. The maximum atomic E-state index is 12.4. The van der Waals surface area contributed by atoms with Crippen LogP contribution in [0.2, 0.25) is 0 Å². The van der Waals surface area contributed by atoms with Crippen LogP contribution in [0.15, 0.2) is 54.6 Å². The molecule has 5 heteroatoms. The molecule has 140 valence electrons. The van der Waals surface area contributed by atoms with E-state index < -0.39 is 0 Å². The average Bonchev–Trinajstić information content (AvgIpc) is 3.45. The van der Waals surface area contributed by atoms with Gasteiger partial charge in [0.05, 0.1) is 5.92 Å². The van der Waals surface area contributed by atoms with Gasteiger partial charge in [0.15, 0.2) is 0 Å². The Kier molecular flexibility index (Phi) is 5.10. The summed E-state index contributed by atoms with van der Waals surface area (Å²) in [4.78, 5) is 26.3. The zero-order valence-corrected chi connectivity index (χ0v) is 15.3. The van der Waals surface area contributed by atoms with Crippen LogP contribution < -0.4 is 10.1 Å². The highest BCUT2D eigenvalue weighted by molar-refractivity contribution is 5.89. The summed E-state index contributed by atoms with van der Waals surface area (Å²) in [5.74, 6) is 1.48. The van der Waals surface area contributed by atoms with Gasteiger partial charge in [-0.1, -0.05) is 36.4 Å². The minimum Gasteiger partial charge on any atom is -0.457 e. The van der Waals surface area contributed by atoms with Crippen molar-refractivity contribution in [2.24, 2.45) is 5.92 Å². The van der Waals surface area contributed by atoms with Gasteiger partial charge in [0.25, 0.3) is 0 Å². The van der Waals surface area contributed by atoms with Gasteiger partial charge in [0.1, 0.15) is 11.5 Å². The number of rotatable bonds is 7. The summed E-state index contributed by atoms with van der Waals surface area (Å²) in [6, 6.07) is 17.9. The van der Waals surface area contributed by atoms with Crippen molar-refractivity contribution in [2.75, 3.05) is 13.1 Å². The van der Waals surface area contributed by atoms with Crippen molar-refractivity contribution in [2.45, 2.75) is 31.7 Å². The van der Waals surface area contributed by atoms with E-state index in [4.69, 9.17) is 4.74 Å². The molecule has 2 aromatic rings. The summed E-state index contributed by atoms with van der Waals surface area (Å²) in [7, 11) is 0. The predicted octanol–water partition coefficient (Wildman–Crippen LogP) is 3.15. The standard InChI is InChI=1S/C22H24N2O3/c25-21-14-17(15-24(21)18-10-11-18)22(26)23-13-12-16-6-4-5-9-20(16)27-19-7-2-1-3-8-19/h1-9,17-18H,10-15H2,(H,23,26). The number of hydrogen-bond acceptors (Lipinski definition) is 3. The van der Waals surface area contributed by atoms with Crippen molar-refractivity contribution >= 4 is 11.8 Å². The van der Waals surface area contributed by atoms with Crippen LogP contribution in [0, 0.1) is 5.92 Å². The predicted molar refractivity (Wildman–Crippen MR) is 103 cm³/mol. The van der Waals surface area contributed by atoms with E-state index in [2.05, 4.69) is 5.32 Å². The number of nitrogens with zero attached hydrogens (tertiary/aromatic N) is 1. The number of likely N-dealkylation sites (tertiary alicyclic amines) is 1. The van der Waals surface area contributed by atoms with E-state index in [9.17, 15) is 9.59 Å². The van der Waals surface area contributed by atoms with Crippen LogP contribution in [0.1, 0.15) is 24.8 Å². The molecule has 1 aliphatic carbocycles. The number of ether oxygens (including phenoxy) is 1. The zero-order chi connectivity index (χ0) is 18.6. The zero-order valence-electron chi connectivity index (χ0n) is 15.3. The van der Waals surface area contributed by atoms with Gasteiger partial charge >= 0.3 is 0 Å². The number of para-hydroxylation sites is 2. The van der Waals surface area contributed by atoms with Gasteiger partial charge in [-0.25, -0.2) is 0 Å². The van der Waals surface area contributed by atoms with E-state index >= 15 is 0 Å². The molecule has 1 saturated carbocycles. The molecule has 4 rings (SSSR count). The number of hydrogen-bond donors (Lipinski definition) is 1. The van der Waals surface area contributed by atoms with Crippen molar-refractivity contribution in [3.05, 3.63) is 60.2 Å². The second-order valence-electron chi connectivity index (χ2n) is 7.24. The Bertz CT molecular complexity index is 817. The highest BCUT2D eigenvalue weighted by Crippen LogP contribution is 2.32. The van der Waals surface area contributed by atoms with Gasteiger partial charge in [-0.15, -0.1) is 0 Å². The first-order chi connectivity index (χ1) is 13.2. The summed E-state index contributed by atoms with van der Waals surface area (Å²) in [6.45, 7) is 1.10. The summed E-state index contributed by atoms with van der Waals surface area (Å²) >= 11 is 0. The third-order valence-corrected chi connectivity index (χ3v) is 5.15. The van der Waals surface area contributed by atoms with Gasteiger partial charge < -0.3 is 15.0 Å². The summed E-state index contributed by atoms with van der Waals surface area (Å²) in [5.41, 5.74) is 1.05. The second kappa shape index (κ2) is 7.82. The van der Waals surface area contributed by atoms with Crippen LogP contribution >= 0.6 is 0 Å². The third-order valence-electron chi connectivity index (χ3n) is 5.15. The lowest BCUT2D eigenvalue weighted by Gasteiger charge is -2.15. The minimum atomic E-state index is -0.214. The molecule has 2 amide bonds. The fraction of sp³-hybridized carbons (Fsp3) is 0.364. The molecule has 2 fully saturated rings. The second-order valence-corrected chi connectivity index (χ2v) is 7.24. The number of nitrogens with one attached hydrogen (secondary N) is 1. The SMILES string of the molecule is O=C(NCCc1ccccc1Oc1ccccc1)C1CC(=O)N(C2CC2)C1. The van der Waals surface area contributed by atoms with E-state index in [0.717, 1.165) is 29.9 Å². The third kappa shape index (κ3) is 4.30. The largest absolute Gasteiger partial charge is 0.457 e. The molecule has 27 heavy (non-hydrogen) atoms. The summed E-state index contributed by atoms with van der Waals surface area (Å²) in [6.07, 6.45) is 3.19. The molecule has 2 aliphatic rings. The lowest BCUT2D eigenvalue weighted by atomic mass is 10.1. The van der Waals surface area contributed by atoms with Crippen molar-refractivity contribution in [1.82, 2.24) is 10.2 Å². The molecule has 1 heterocycles. The van der Waals surface area contributed by atoms with Crippen LogP contribution in [-0.2, 0) is 16.0 Å². The fourth-order valence-electron chi connectivity index (χ4n) is 3.54. The Morgan fingerprint density at radius 1 is 1.07 bits per heavy atom. The van der Waals surface area contributed by atoms with Gasteiger partial charge in [-0.2, -0.15) is 0 Å². The van der Waals surface area contributed by atoms with E-state index in [-0.39, 0.29) is 17.7 Å². The molecule has 5 nitrogen and oxygen atoms in total. The Morgan fingerprint density at radius 3 is 2.59 bits per heavy atom. The van der Waals surface area contributed by atoms with Gasteiger partial charge in [-0.3, -0.25) is 9.59 Å². The molecule has 1 saturated heterocycles. The van der Waals surface area contributed by atoms with E-state index in [0.29, 0.717) is 32.0 Å². The molecule has 0 bridgehead atoms. The van der Waals surface area contributed by atoms with Gasteiger partial charge in [-0.05, 0) is 43.0 Å². The Hall–Kier alpha value is -2.82. The Balaban J connectivity index is 1.30. The van der Waals surface area contributed by atoms with Crippen LogP contribution in [0.25, 0.3) is 0 Å². The minimum absolute atomic E-state index is 0.0204. The van der Waals surface area contributed by atoms with E-state index in [1.807, 2.05) is 59.5 Å². The molecule has 2 aromatic carbocycles. The number of carbonyl (C=O) groups is 2. The van der Waals surface area contributed by atoms with E-state index in [1.165, 1.54) is 0 Å². The molecule has 0 spiro atoms. The Labute approximate surface area is 159 Å². The summed E-state index contributed by atoms with van der Waals surface area (Å²) < 4.78 is 5.96. The molecule has 0 aromatic heterocycles. The lowest BCUT2D eigenvalue weighted by molar-refractivity contribution is -0.129. The molecule has 1 unspecified atom stereocenters. The van der Waals surface area contributed by atoms with Crippen molar-refractivity contribution < 1.29 is 14.3 Å². The van der Waals surface area contributed by atoms with Gasteiger partial charge in [0, 0.05) is 25.6 Å². The fourth-order valence-corrected chi connectivity index (χ4v) is 3.54. The maximum absolute atomic E-state index is 12.4. The van der Waals surface area contributed by atoms with Crippen molar-refractivity contribution in [1.29, 1.82) is 0 Å².